The molecule has 3 aromatic carbocycles. The Morgan fingerprint density at radius 2 is 1.47 bits per heavy atom. The summed E-state index contributed by atoms with van der Waals surface area (Å²) in [6.07, 6.45) is 4.54. The van der Waals surface area contributed by atoms with Crippen LogP contribution in [0.15, 0.2) is 54.6 Å². The molecule has 2 fully saturated rings. The van der Waals surface area contributed by atoms with Gasteiger partial charge in [-0.3, -0.25) is 0 Å². The summed E-state index contributed by atoms with van der Waals surface area (Å²) in [7, 11) is 1.70. The average molecular weight is 467 g/mol. The monoisotopic (exact) mass is 466 g/mol. The molecule has 0 N–H and O–H groups in total. The molecule has 1 atom stereocenters. The van der Waals surface area contributed by atoms with Crippen LogP contribution in [0.4, 0.5) is 13.2 Å². The van der Waals surface area contributed by atoms with E-state index in [-0.39, 0.29) is 23.9 Å². The third-order valence-corrected chi connectivity index (χ3v) is 7.29. The Balaban J connectivity index is 1.23. The van der Waals surface area contributed by atoms with Crippen molar-refractivity contribution in [3.05, 3.63) is 94.3 Å². The summed E-state index contributed by atoms with van der Waals surface area (Å²) in [6.45, 7) is 0.577. The lowest BCUT2D eigenvalue weighted by molar-refractivity contribution is 0.0655. The molecule has 3 aromatic rings. The second kappa shape index (κ2) is 9.93. The van der Waals surface area contributed by atoms with Crippen molar-refractivity contribution in [3.63, 3.8) is 0 Å². The largest absolute Gasteiger partial charge is 0.381 e. The van der Waals surface area contributed by atoms with E-state index in [9.17, 15) is 13.2 Å². The Morgan fingerprint density at radius 1 is 0.794 bits per heavy atom. The molecule has 1 unspecified atom stereocenters. The molecule has 34 heavy (non-hydrogen) atoms. The van der Waals surface area contributed by atoms with E-state index in [1.807, 2.05) is 30.3 Å². The molecule has 0 radical (unpaired) electrons. The number of rotatable bonds is 7. The number of aryl methyl sites for hydroxylation is 2. The Morgan fingerprint density at radius 3 is 2.12 bits per heavy atom. The smallest absolute Gasteiger partial charge is 0.162 e. The second-order valence-electron chi connectivity index (χ2n) is 9.41. The predicted molar refractivity (Wildman–Crippen MR) is 126 cm³/mol. The van der Waals surface area contributed by atoms with Crippen LogP contribution >= 0.6 is 0 Å². The Kier molecular flexibility index (Phi) is 6.75. The van der Waals surface area contributed by atoms with Crippen molar-refractivity contribution in [2.45, 2.75) is 56.7 Å². The van der Waals surface area contributed by atoms with Gasteiger partial charge >= 0.3 is 0 Å². The molecular formula is C29H29F3O2. The maximum absolute atomic E-state index is 14.9. The number of epoxide rings is 1. The zero-order valence-electron chi connectivity index (χ0n) is 19.3. The summed E-state index contributed by atoms with van der Waals surface area (Å²) in [5, 5.41) is 0. The molecule has 1 saturated carbocycles. The van der Waals surface area contributed by atoms with Crippen molar-refractivity contribution in [1.29, 1.82) is 0 Å². The maximum atomic E-state index is 14.9. The van der Waals surface area contributed by atoms with Crippen molar-refractivity contribution >= 4 is 0 Å². The number of methoxy groups -OCH3 is 1. The lowest BCUT2D eigenvalue weighted by Gasteiger charge is -2.28. The fourth-order valence-electron chi connectivity index (χ4n) is 5.06. The number of benzene rings is 3. The first-order valence-electron chi connectivity index (χ1n) is 12.0. The lowest BCUT2D eigenvalue weighted by atomic mass is 9.82. The highest BCUT2D eigenvalue weighted by atomic mass is 19.2. The molecule has 1 heterocycles. The minimum atomic E-state index is -0.724. The van der Waals surface area contributed by atoms with Crippen LogP contribution in [-0.2, 0) is 22.3 Å². The van der Waals surface area contributed by atoms with Gasteiger partial charge < -0.3 is 9.47 Å². The van der Waals surface area contributed by atoms with Crippen molar-refractivity contribution in [2.24, 2.45) is 0 Å². The highest BCUT2D eigenvalue weighted by Crippen LogP contribution is 2.36. The van der Waals surface area contributed by atoms with Crippen LogP contribution in [0, 0.1) is 17.5 Å². The normalized spacial score (nSPS) is 22.1. The van der Waals surface area contributed by atoms with Crippen LogP contribution in [0.25, 0.3) is 11.1 Å². The van der Waals surface area contributed by atoms with Gasteiger partial charge in [-0.1, -0.05) is 48.5 Å². The van der Waals surface area contributed by atoms with Crippen molar-refractivity contribution in [2.75, 3.05) is 13.7 Å². The minimum absolute atomic E-state index is 0.0539. The Bertz CT molecular complexity index is 1150. The molecule has 2 aliphatic rings. The molecule has 178 valence electrons. The Hall–Kier alpha value is -2.63. The molecule has 0 aromatic heterocycles. The molecule has 1 aliphatic heterocycles. The van der Waals surface area contributed by atoms with E-state index in [0.717, 1.165) is 42.4 Å². The number of halogens is 3. The summed E-state index contributed by atoms with van der Waals surface area (Å²) in [5.74, 6) is -1.62. The van der Waals surface area contributed by atoms with Crippen molar-refractivity contribution in [3.8, 4) is 11.1 Å². The fourth-order valence-corrected chi connectivity index (χ4v) is 5.06. The van der Waals surface area contributed by atoms with Gasteiger partial charge in [0.05, 0.1) is 12.7 Å². The quantitative estimate of drug-likeness (QED) is 0.341. The van der Waals surface area contributed by atoms with E-state index in [2.05, 4.69) is 0 Å². The van der Waals surface area contributed by atoms with Crippen LogP contribution in [0.3, 0.4) is 0 Å². The Labute approximate surface area is 198 Å². The third-order valence-electron chi connectivity index (χ3n) is 7.29. The molecule has 2 nitrogen and oxygen atoms in total. The van der Waals surface area contributed by atoms with E-state index < -0.39 is 11.6 Å². The molecule has 1 aliphatic carbocycles. The third kappa shape index (κ3) is 4.91. The zero-order valence-corrected chi connectivity index (χ0v) is 19.3. The topological polar surface area (TPSA) is 21.8 Å². The van der Waals surface area contributed by atoms with Gasteiger partial charge in [-0.05, 0) is 78.3 Å². The molecule has 0 amide bonds. The van der Waals surface area contributed by atoms with Gasteiger partial charge in [-0.25, -0.2) is 13.2 Å². The molecule has 0 spiro atoms. The highest BCUT2D eigenvalue weighted by molar-refractivity contribution is 5.64. The van der Waals surface area contributed by atoms with E-state index in [1.165, 1.54) is 6.07 Å². The van der Waals surface area contributed by atoms with Crippen LogP contribution < -0.4 is 0 Å². The fraction of sp³-hybridized carbons (Fsp3) is 0.379. The molecular weight excluding hydrogens is 437 g/mol. The van der Waals surface area contributed by atoms with Gasteiger partial charge in [0.1, 0.15) is 11.9 Å². The molecule has 5 heteroatoms. The summed E-state index contributed by atoms with van der Waals surface area (Å²) >= 11 is 0. The lowest BCUT2D eigenvalue weighted by Crippen LogP contribution is -2.20. The molecule has 0 bridgehead atoms. The predicted octanol–water partition coefficient (Wildman–Crippen LogP) is 7.30. The van der Waals surface area contributed by atoms with Gasteiger partial charge in [-0.15, -0.1) is 0 Å². The summed E-state index contributed by atoms with van der Waals surface area (Å²) in [6, 6.07) is 16.5. The first-order chi connectivity index (χ1) is 16.5. The number of hydrogen-bond donors (Lipinski definition) is 0. The first-order valence-corrected chi connectivity index (χ1v) is 12.0. The summed E-state index contributed by atoms with van der Waals surface area (Å²) in [4.78, 5) is 0. The van der Waals surface area contributed by atoms with Crippen LogP contribution in [0.5, 0.6) is 0 Å². The van der Waals surface area contributed by atoms with Crippen molar-refractivity contribution < 1.29 is 22.6 Å². The summed E-state index contributed by atoms with van der Waals surface area (Å²) in [5.41, 5.74) is 4.23. The SMILES string of the molecule is COC1CCC(c2ccc(CCc3ccc(-c4ccc(C5CO5)c(F)c4)cc3)c(F)c2F)CC1. The minimum Gasteiger partial charge on any atom is -0.381 e. The van der Waals surface area contributed by atoms with E-state index >= 15 is 0 Å². The average Bonchev–Trinajstić information content (AvgIpc) is 3.71. The van der Waals surface area contributed by atoms with E-state index in [4.69, 9.17) is 9.47 Å². The first kappa shape index (κ1) is 23.1. The van der Waals surface area contributed by atoms with Gasteiger partial charge in [0, 0.05) is 12.7 Å². The van der Waals surface area contributed by atoms with E-state index in [0.29, 0.717) is 36.1 Å². The maximum Gasteiger partial charge on any atom is 0.162 e. The van der Waals surface area contributed by atoms with E-state index in [1.54, 1.807) is 25.3 Å². The van der Waals surface area contributed by atoms with Gasteiger partial charge in [-0.2, -0.15) is 0 Å². The van der Waals surface area contributed by atoms with Gasteiger partial charge in [0.2, 0.25) is 0 Å². The van der Waals surface area contributed by atoms with Crippen LogP contribution in [0.1, 0.15) is 60.0 Å². The standard InChI is InChI=1S/C29H29F3O2/c1-33-23-12-8-20(9-13-23)24-14-10-21(28(31)29(24)32)7-4-18-2-5-19(6-3-18)22-11-15-25(26(30)16-22)27-17-34-27/h2-3,5-6,10-11,14-16,20,23,27H,4,7-9,12-13,17H2,1H3. The van der Waals surface area contributed by atoms with Crippen LogP contribution in [-0.4, -0.2) is 19.8 Å². The summed E-state index contributed by atoms with van der Waals surface area (Å²) < 4.78 is 54.6. The second-order valence-corrected chi connectivity index (χ2v) is 9.41. The number of ether oxygens (including phenoxy) is 2. The molecule has 5 rings (SSSR count). The van der Waals surface area contributed by atoms with Gasteiger partial charge in [0.25, 0.3) is 0 Å². The zero-order chi connectivity index (χ0) is 23.7. The number of hydrogen-bond acceptors (Lipinski definition) is 2. The van der Waals surface area contributed by atoms with Gasteiger partial charge in [0.15, 0.2) is 11.6 Å². The van der Waals surface area contributed by atoms with Crippen molar-refractivity contribution in [1.82, 2.24) is 0 Å². The highest BCUT2D eigenvalue weighted by Gasteiger charge is 2.28. The van der Waals surface area contributed by atoms with Crippen LogP contribution in [0.2, 0.25) is 0 Å². The molecule has 1 saturated heterocycles.